The molecule has 0 unspecified atom stereocenters. The Bertz CT molecular complexity index is 679. The molecule has 0 aliphatic carbocycles. The number of nitrogens with zero attached hydrogens (tertiary/aromatic N) is 1. The number of ether oxygens (including phenoxy) is 1. The monoisotopic (exact) mass is 325 g/mol. The summed E-state index contributed by atoms with van der Waals surface area (Å²) >= 11 is 0. The summed E-state index contributed by atoms with van der Waals surface area (Å²) in [6.07, 6.45) is 1.21. The Morgan fingerprint density at radius 3 is 2.65 bits per heavy atom. The van der Waals surface area contributed by atoms with Crippen LogP contribution >= 0.6 is 0 Å². The Balaban J connectivity index is 2.11. The molecule has 5 nitrogen and oxygen atoms in total. The van der Waals surface area contributed by atoms with Gasteiger partial charge in [-0.2, -0.15) is 13.9 Å². The minimum absolute atomic E-state index is 0.0612. The molecule has 23 heavy (non-hydrogen) atoms. The number of alkyl halides is 2. The van der Waals surface area contributed by atoms with E-state index in [1.165, 1.54) is 0 Å². The number of hydrogen-bond acceptors (Lipinski definition) is 3. The fourth-order valence-electron chi connectivity index (χ4n) is 2.39. The number of hydrogen-bond donors (Lipinski definition) is 2. The molecular formula is C16H21F2N3O2. The summed E-state index contributed by atoms with van der Waals surface area (Å²) in [4.78, 5) is 11.5. The average molecular weight is 325 g/mol. The third-order valence-corrected chi connectivity index (χ3v) is 3.65. The van der Waals surface area contributed by atoms with Gasteiger partial charge < -0.3 is 10.1 Å². The van der Waals surface area contributed by atoms with E-state index in [1.54, 1.807) is 19.2 Å². The van der Waals surface area contributed by atoms with Crippen LogP contribution in [-0.4, -0.2) is 34.2 Å². The van der Waals surface area contributed by atoms with Gasteiger partial charge in [-0.1, -0.05) is 13.8 Å². The molecule has 1 amide bonds. The number of benzene rings is 1. The Morgan fingerprint density at radius 1 is 1.35 bits per heavy atom. The molecule has 0 saturated heterocycles. The number of carbonyl (C=O) groups is 1. The second-order valence-corrected chi connectivity index (χ2v) is 6.07. The smallest absolute Gasteiger partial charge is 0.321 e. The lowest BCUT2D eigenvalue weighted by molar-refractivity contribution is -0.144. The summed E-state index contributed by atoms with van der Waals surface area (Å²) < 4.78 is 32.0. The molecule has 1 aromatic carbocycles. The van der Waals surface area contributed by atoms with Gasteiger partial charge in [0.15, 0.2) is 0 Å². The third-order valence-electron chi connectivity index (χ3n) is 3.65. The zero-order chi connectivity index (χ0) is 17.2. The number of H-pyrrole nitrogens is 1. The molecule has 2 aromatic rings. The summed E-state index contributed by atoms with van der Waals surface area (Å²) in [6.45, 7) is 6.02. The Morgan fingerprint density at radius 2 is 2.04 bits per heavy atom. The second kappa shape index (κ2) is 6.52. The lowest BCUT2D eigenvalue weighted by Crippen LogP contribution is -2.52. The Labute approximate surface area is 133 Å². The molecule has 0 aliphatic rings. The van der Waals surface area contributed by atoms with E-state index in [2.05, 4.69) is 15.5 Å². The molecule has 0 spiro atoms. The number of nitrogens with one attached hydrogen (secondary N) is 2. The van der Waals surface area contributed by atoms with Gasteiger partial charge in [-0.05, 0) is 31.0 Å². The topological polar surface area (TPSA) is 67.0 Å². The SMILES string of the molecule is CC(C)[C@H](NC(=O)C(C)(F)F)[C@@H](C)Oc1ccc2[nH]ncc2c1. The first-order valence-electron chi connectivity index (χ1n) is 7.47. The molecule has 126 valence electrons. The van der Waals surface area contributed by atoms with E-state index in [1.807, 2.05) is 26.0 Å². The van der Waals surface area contributed by atoms with Crippen LogP contribution in [0.15, 0.2) is 24.4 Å². The quantitative estimate of drug-likeness (QED) is 0.857. The zero-order valence-corrected chi connectivity index (χ0v) is 13.6. The summed E-state index contributed by atoms with van der Waals surface area (Å²) in [5, 5.41) is 10.0. The van der Waals surface area contributed by atoms with Crippen molar-refractivity contribution in [1.29, 1.82) is 0 Å². The van der Waals surface area contributed by atoms with Gasteiger partial charge in [-0.15, -0.1) is 0 Å². The molecule has 7 heteroatoms. The summed E-state index contributed by atoms with van der Waals surface area (Å²) in [6, 6.07) is 4.87. The van der Waals surface area contributed by atoms with E-state index in [0.29, 0.717) is 12.7 Å². The van der Waals surface area contributed by atoms with Crippen molar-refractivity contribution in [3.63, 3.8) is 0 Å². The van der Waals surface area contributed by atoms with Crippen LogP contribution in [-0.2, 0) is 4.79 Å². The van der Waals surface area contributed by atoms with Gasteiger partial charge >= 0.3 is 5.92 Å². The first-order chi connectivity index (χ1) is 10.7. The molecule has 0 fully saturated rings. The Hall–Kier alpha value is -2.18. The van der Waals surface area contributed by atoms with E-state index >= 15 is 0 Å². The van der Waals surface area contributed by atoms with Crippen molar-refractivity contribution in [3.05, 3.63) is 24.4 Å². The molecule has 1 heterocycles. The maximum absolute atomic E-state index is 13.1. The molecule has 0 radical (unpaired) electrons. The highest BCUT2D eigenvalue weighted by Gasteiger charge is 2.36. The van der Waals surface area contributed by atoms with E-state index in [-0.39, 0.29) is 5.92 Å². The van der Waals surface area contributed by atoms with Gasteiger partial charge in [0.05, 0.1) is 17.8 Å². The van der Waals surface area contributed by atoms with Gasteiger partial charge in [-0.3, -0.25) is 9.89 Å². The number of carbonyl (C=O) groups excluding carboxylic acids is 1. The van der Waals surface area contributed by atoms with Crippen molar-refractivity contribution in [1.82, 2.24) is 15.5 Å². The number of aromatic nitrogens is 2. The van der Waals surface area contributed by atoms with Crippen molar-refractivity contribution in [2.75, 3.05) is 0 Å². The lowest BCUT2D eigenvalue weighted by Gasteiger charge is -2.30. The lowest BCUT2D eigenvalue weighted by atomic mass is 9.99. The highest BCUT2D eigenvalue weighted by Crippen LogP contribution is 2.22. The number of halogens is 2. The van der Waals surface area contributed by atoms with Crippen molar-refractivity contribution in [3.8, 4) is 5.75 Å². The number of fused-ring (bicyclic) bond motifs is 1. The van der Waals surface area contributed by atoms with Gasteiger partial charge in [0.1, 0.15) is 11.9 Å². The van der Waals surface area contributed by atoms with Gasteiger partial charge in [0, 0.05) is 12.3 Å². The van der Waals surface area contributed by atoms with E-state index < -0.39 is 24.0 Å². The van der Waals surface area contributed by atoms with Gasteiger partial charge in [0.2, 0.25) is 0 Å². The van der Waals surface area contributed by atoms with Crippen LogP contribution in [0.2, 0.25) is 0 Å². The van der Waals surface area contributed by atoms with Gasteiger partial charge in [-0.25, -0.2) is 0 Å². The first-order valence-corrected chi connectivity index (χ1v) is 7.47. The van der Waals surface area contributed by atoms with E-state index in [4.69, 9.17) is 4.74 Å². The molecule has 2 atom stereocenters. The summed E-state index contributed by atoms with van der Waals surface area (Å²) in [7, 11) is 0. The van der Waals surface area contributed by atoms with Crippen LogP contribution in [0.25, 0.3) is 10.9 Å². The number of rotatable bonds is 6. The van der Waals surface area contributed by atoms with Crippen LogP contribution in [0.5, 0.6) is 5.75 Å². The highest BCUT2D eigenvalue weighted by molar-refractivity contribution is 5.83. The number of aromatic amines is 1. The first kappa shape index (κ1) is 17.2. The maximum atomic E-state index is 13.1. The van der Waals surface area contributed by atoms with Crippen LogP contribution in [0.3, 0.4) is 0 Å². The standard InChI is InChI=1S/C16H21F2N3O2/c1-9(2)14(20-15(22)16(4,17)18)10(3)23-12-5-6-13-11(7-12)8-19-21-13/h5-10,14H,1-4H3,(H,19,21)(H,20,22)/t10-,14+/m1/s1. The highest BCUT2D eigenvalue weighted by atomic mass is 19.3. The fraction of sp³-hybridized carbons (Fsp3) is 0.500. The minimum Gasteiger partial charge on any atom is -0.489 e. The van der Waals surface area contributed by atoms with Crippen molar-refractivity contribution < 1.29 is 18.3 Å². The molecule has 1 aromatic heterocycles. The summed E-state index contributed by atoms with van der Waals surface area (Å²) in [5.41, 5.74) is 0.879. The predicted molar refractivity (Wildman–Crippen MR) is 83.6 cm³/mol. The van der Waals surface area contributed by atoms with Crippen LogP contribution in [0, 0.1) is 5.92 Å². The molecule has 0 aliphatic heterocycles. The third kappa shape index (κ3) is 4.18. The van der Waals surface area contributed by atoms with Gasteiger partial charge in [0.25, 0.3) is 5.91 Å². The van der Waals surface area contributed by atoms with E-state index in [9.17, 15) is 13.6 Å². The maximum Gasteiger partial charge on any atom is 0.321 e. The molecule has 2 rings (SSSR count). The van der Waals surface area contributed by atoms with Crippen LogP contribution < -0.4 is 10.1 Å². The number of amides is 1. The van der Waals surface area contributed by atoms with Crippen molar-refractivity contribution in [2.45, 2.75) is 45.8 Å². The largest absolute Gasteiger partial charge is 0.489 e. The molecule has 2 N–H and O–H groups in total. The normalized spacial score (nSPS) is 14.7. The summed E-state index contributed by atoms with van der Waals surface area (Å²) in [5.74, 6) is -4.18. The molecule has 0 saturated carbocycles. The van der Waals surface area contributed by atoms with Crippen LogP contribution in [0.4, 0.5) is 8.78 Å². The minimum atomic E-state index is -3.41. The second-order valence-electron chi connectivity index (χ2n) is 6.07. The Kier molecular flexibility index (Phi) is 4.87. The van der Waals surface area contributed by atoms with Crippen molar-refractivity contribution in [2.24, 2.45) is 5.92 Å². The van der Waals surface area contributed by atoms with Crippen molar-refractivity contribution >= 4 is 16.8 Å². The molecular weight excluding hydrogens is 304 g/mol. The molecule has 0 bridgehead atoms. The fourth-order valence-corrected chi connectivity index (χ4v) is 2.39. The predicted octanol–water partition coefficient (Wildman–Crippen LogP) is 3.13. The average Bonchev–Trinajstić information content (AvgIpc) is 2.90. The van der Waals surface area contributed by atoms with E-state index in [0.717, 1.165) is 10.9 Å². The zero-order valence-electron chi connectivity index (χ0n) is 13.6. The van der Waals surface area contributed by atoms with Crippen LogP contribution in [0.1, 0.15) is 27.7 Å².